The van der Waals surface area contributed by atoms with Gasteiger partial charge >= 0.3 is 5.97 Å². The lowest BCUT2D eigenvalue weighted by Gasteiger charge is -2.18. The van der Waals surface area contributed by atoms with Crippen LogP contribution in [0.25, 0.3) is 0 Å². The van der Waals surface area contributed by atoms with Gasteiger partial charge in [0, 0.05) is 17.0 Å². The van der Waals surface area contributed by atoms with Crippen LogP contribution in [0, 0.1) is 16.0 Å². The fourth-order valence-electron chi connectivity index (χ4n) is 3.09. The summed E-state index contributed by atoms with van der Waals surface area (Å²) in [5, 5.41) is 11.1. The van der Waals surface area contributed by atoms with Gasteiger partial charge in [-0.3, -0.25) is 14.8 Å². The van der Waals surface area contributed by atoms with Crippen molar-refractivity contribution >= 4 is 38.0 Å². The summed E-state index contributed by atoms with van der Waals surface area (Å²) >= 11 is 1.22. The number of hydrogen-bond acceptors (Lipinski definition) is 7. The predicted octanol–water partition coefficient (Wildman–Crippen LogP) is 3.37. The highest BCUT2D eigenvalue weighted by Crippen LogP contribution is 2.40. The van der Waals surface area contributed by atoms with Crippen LogP contribution in [0.2, 0.25) is 0 Å². The number of carbonyl (C=O) groups excluding carboxylic acids is 1. The van der Waals surface area contributed by atoms with E-state index in [-0.39, 0.29) is 21.1 Å². The van der Waals surface area contributed by atoms with Crippen LogP contribution in [0.15, 0.2) is 29.2 Å². The number of ether oxygens (including phenoxy) is 1. The minimum Gasteiger partial charge on any atom is -0.465 e. The van der Waals surface area contributed by atoms with Crippen LogP contribution < -0.4 is 4.72 Å². The first-order valence-corrected chi connectivity index (χ1v) is 10.5. The monoisotopic (exact) mass is 410 g/mol. The van der Waals surface area contributed by atoms with Crippen LogP contribution in [-0.4, -0.2) is 26.4 Å². The number of anilines is 1. The van der Waals surface area contributed by atoms with Gasteiger partial charge in [-0.15, -0.1) is 11.3 Å². The average molecular weight is 410 g/mol. The number of carbonyl (C=O) groups is 1. The number of nitro groups is 1. The minimum atomic E-state index is -4.10. The maximum absolute atomic E-state index is 12.7. The summed E-state index contributed by atoms with van der Waals surface area (Å²) in [4.78, 5) is 23.2. The van der Waals surface area contributed by atoms with Crippen molar-refractivity contribution in [1.82, 2.24) is 0 Å². The van der Waals surface area contributed by atoms with Crippen molar-refractivity contribution in [1.29, 1.82) is 0 Å². The van der Waals surface area contributed by atoms with Crippen molar-refractivity contribution < 1.29 is 22.9 Å². The normalized spacial score (nSPS) is 16.4. The Balaban J connectivity index is 2.03. The second-order valence-corrected chi connectivity index (χ2v) is 9.20. The number of methoxy groups -OCH3 is 1. The maximum Gasteiger partial charge on any atom is 0.341 e. The molecule has 0 fully saturated rings. The maximum atomic E-state index is 12.7. The number of nitro benzene ring substituents is 1. The third kappa shape index (κ3) is 3.81. The zero-order valence-electron chi connectivity index (χ0n) is 14.7. The summed E-state index contributed by atoms with van der Waals surface area (Å²) in [7, 11) is -2.85. The summed E-state index contributed by atoms with van der Waals surface area (Å²) in [5.41, 5.74) is 0.727. The standard InChI is InChI=1S/C17H18N2O6S2/c1-10-6-7-13-14(8-10)26-16(15(13)17(20)25-2)18-27(23,24)12-5-3-4-11(9-12)19(21)22/h3-5,9-10,18H,6-8H2,1-2H3. The Hall–Kier alpha value is -2.46. The number of rotatable bonds is 5. The molecule has 0 aliphatic heterocycles. The zero-order chi connectivity index (χ0) is 19.8. The number of benzene rings is 1. The molecule has 0 bridgehead atoms. The van der Waals surface area contributed by atoms with Crippen molar-refractivity contribution in [3.63, 3.8) is 0 Å². The lowest BCUT2D eigenvalue weighted by atomic mass is 9.88. The van der Waals surface area contributed by atoms with Gasteiger partial charge in [-0.25, -0.2) is 13.2 Å². The van der Waals surface area contributed by atoms with Crippen LogP contribution in [-0.2, 0) is 27.6 Å². The molecular formula is C17H18N2O6S2. The molecule has 0 saturated heterocycles. The smallest absolute Gasteiger partial charge is 0.341 e. The molecular weight excluding hydrogens is 392 g/mol. The molecule has 27 heavy (non-hydrogen) atoms. The van der Waals surface area contributed by atoms with Crippen molar-refractivity contribution in [3.8, 4) is 0 Å². The number of thiophene rings is 1. The van der Waals surface area contributed by atoms with E-state index in [0.717, 1.165) is 29.3 Å². The number of non-ortho nitro benzene ring substituents is 1. The zero-order valence-corrected chi connectivity index (χ0v) is 16.4. The molecule has 1 N–H and O–H groups in total. The van der Waals surface area contributed by atoms with E-state index < -0.39 is 20.9 Å². The van der Waals surface area contributed by atoms with E-state index in [1.807, 2.05) is 0 Å². The second-order valence-electron chi connectivity index (χ2n) is 6.41. The van der Waals surface area contributed by atoms with E-state index in [1.54, 1.807) is 0 Å². The number of nitrogens with zero attached hydrogens (tertiary/aromatic N) is 1. The summed E-state index contributed by atoms with van der Waals surface area (Å²) < 4.78 is 32.7. The number of nitrogens with one attached hydrogen (secondary N) is 1. The van der Waals surface area contributed by atoms with Gasteiger partial charge in [0.25, 0.3) is 15.7 Å². The predicted molar refractivity (Wildman–Crippen MR) is 101 cm³/mol. The molecule has 1 atom stereocenters. The summed E-state index contributed by atoms with van der Waals surface area (Å²) in [6.07, 6.45) is 2.35. The Kier molecular flexibility index (Phi) is 5.20. The summed E-state index contributed by atoms with van der Waals surface area (Å²) in [6.45, 7) is 2.10. The molecule has 1 aliphatic rings. The van der Waals surface area contributed by atoms with E-state index in [0.29, 0.717) is 12.3 Å². The molecule has 0 saturated carbocycles. The number of sulfonamides is 1. The highest BCUT2D eigenvalue weighted by molar-refractivity contribution is 7.93. The Morgan fingerprint density at radius 3 is 2.81 bits per heavy atom. The first-order chi connectivity index (χ1) is 12.7. The lowest BCUT2D eigenvalue weighted by molar-refractivity contribution is -0.385. The minimum absolute atomic E-state index is 0.187. The van der Waals surface area contributed by atoms with Crippen LogP contribution in [0.1, 0.15) is 34.1 Å². The third-order valence-electron chi connectivity index (χ3n) is 4.47. The van der Waals surface area contributed by atoms with Gasteiger partial charge in [0.2, 0.25) is 0 Å². The van der Waals surface area contributed by atoms with Crippen molar-refractivity contribution in [2.24, 2.45) is 5.92 Å². The molecule has 0 radical (unpaired) electrons. The molecule has 8 nitrogen and oxygen atoms in total. The van der Waals surface area contributed by atoms with Gasteiger partial charge in [0.05, 0.1) is 22.5 Å². The van der Waals surface area contributed by atoms with Crippen LogP contribution in [0.5, 0.6) is 0 Å². The molecule has 144 valence electrons. The molecule has 1 aromatic carbocycles. The first kappa shape index (κ1) is 19.3. The quantitative estimate of drug-likeness (QED) is 0.459. The Morgan fingerprint density at radius 1 is 1.41 bits per heavy atom. The molecule has 2 aromatic rings. The topological polar surface area (TPSA) is 116 Å². The third-order valence-corrected chi connectivity index (χ3v) is 7.11. The van der Waals surface area contributed by atoms with Crippen molar-refractivity contribution in [3.05, 3.63) is 50.4 Å². The van der Waals surface area contributed by atoms with E-state index in [9.17, 15) is 23.3 Å². The molecule has 1 aliphatic carbocycles. The van der Waals surface area contributed by atoms with Crippen LogP contribution >= 0.6 is 11.3 Å². The largest absolute Gasteiger partial charge is 0.465 e. The average Bonchev–Trinajstić information content (AvgIpc) is 2.97. The Bertz CT molecular complexity index is 1010. The van der Waals surface area contributed by atoms with Gasteiger partial charge in [0.15, 0.2) is 0 Å². The van der Waals surface area contributed by atoms with Gasteiger partial charge in [-0.2, -0.15) is 0 Å². The van der Waals surface area contributed by atoms with Gasteiger partial charge in [-0.1, -0.05) is 13.0 Å². The summed E-state index contributed by atoms with van der Waals surface area (Å²) in [6, 6.07) is 4.76. The number of esters is 1. The highest BCUT2D eigenvalue weighted by atomic mass is 32.2. The van der Waals surface area contributed by atoms with Crippen LogP contribution in [0.4, 0.5) is 10.7 Å². The fourth-order valence-corrected chi connectivity index (χ4v) is 5.83. The van der Waals surface area contributed by atoms with E-state index in [2.05, 4.69) is 11.6 Å². The molecule has 1 aromatic heterocycles. The SMILES string of the molecule is COC(=O)c1c(NS(=O)(=O)c2cccc([N+](=O)[O-])c2)sc2c1CCC(C)C2. The summed E-state index contributed by atoms with van der Waals surface area (Å²) in [5.74, 6) is -0.151. The molecule has 0 spiro atoms. The van der Waals surface area contributed by atoms with Gasteiger partial charge in [-0.05, 0) is 36.8 Å². The molecule has 0 amide bonds. The van der Waals surface area contributed by atoms with Crippen molar-refractivity contribution in [2.45, 2.75) is 31.1 Å². The molecule has 10 heteroatoms. The van der Waals surface area contributed by atoms with E-state index in [1.165, 1.54) is 36.6 Å². The molecule has 1 heterocycles. The van der Waals surface area contributed by atoms with E-state index in [4.69, 9.17) is 4.74 Å². The van der Waals surface area contributed by atoms with Crippen molar-refractivity contribution in [2.75, 3.05) is 11.8 Å². The van der Waals surface area contributed by atoms with Gasteiger partial charge < -0.3 is 4.74 Å². The highest BCUT2D eigenvalue weighted by Gasteiger charge is 2.30. The van der Waals surface area contributed by atoms with Crippen LogP contribution in [0.3, 0.4) is 0 Å². The first-order valence-electron chi connectivity index (χ1n) is 8.23. The Morgan fingerprint density at radius 2 is 2.15 bits per heavy atom. The number of hydrogen-bond donors (Lipinski definition) is 1. The number of fused-ring (bicyclic) bond motifs is 1. The Labute approximate surface area is 160 Å². The lowest BCUT2D eigenvalue weighted by Crippen LogP contribution is -2.16. The van der Waals surface area contributed by atoms with Gasteiger partial charge in [0.1, 0.15) is 5.00 Å². The molecule has 3 rings (SSSR count). The van der Waals surface area contributed by atoms with E-state index >= 15 is 0 Å². The fraction of sp³-hybridized carbons (Fsp3) is 0.353. The second kappa shape index (κ2) is 7.28. The molecule has 1 unspecified atom stereocenters.